The first kappa shape index (κ1) is 13.5. The molecule has 1 fully saturated rings. The summed E-state index contributed by atoms with van der Waals surface area (Å²) >= 11 is 0. The summed E-state index contributed by atoms with van der Waals surface area (Å²) in [6.07, 6.45) is 4.76. The minimum absolute atomic E-state index is 0.0168. The Kier molecular flexibility index (Phi) is 5.81. The predicted molar refractivity (Wildman–Crippen MR) is 67.4 cm³/mol. The van der Waals surface area contributed by atoms with Gasteiger partial charge in [-0.05, 0) is 45.1 Å². The Balaban J connectivity index is 2.23. The summed E-state index contributed by atoms with van der Waals surface area (Å²) in [5, 5.41) is 3.32. The van der Waals surface area contributed by atoms with E-state index in [0.717, 1.165) is 26.1 Å². The first-order valence-electron chi connectivity index (χ1n) is 6.63. The molecule has 94 valence electrons. The SMILES string of the molecule is CC(C)CCNC(C)C(=O)N1CCCCC1. The van der Waals surface area contributed by atoms with Crippen LogP contribution < -0.4 is 5.32 Å². The standard InChI is InChI=1S/C13H26N2O/c1-11(2)7-8-14-12(3)13(16)15-9-5-4-6-10-15/h11-12,14H,4-10H2,1-3H3. The highest BCUT2D eigenvalue weighted by Crippen LogP contribution is 2.10. The molecular weight excluding hydrogens is 200 g/mol. The fourth-order valence-corrected chi connectivity index (χ4v) is 2.06. The highest BCUT2D eigenvalue weighted by molar-refractivity contribution is 5.81. The molecule has 1 saturated heterocycles. The van der Waals surface area contributed by atoms with Crippen molar-refractivity contribution >= 4 is 5.91 Å². The van der Waals surface area contributed by atoms with Crippen LogP contribution in [0.15, 0.2) is 0 Å². The molecule has 0 saturated carbocycles. The van der Waals surface area contributed by atoms with Gasteiger partial charge in [-0.25, -0.2) is 0 Å². The third kappa shape index (κ3) is 4.52. The molecular formula is C13H26N2O. The molecule has 3 nitrogen and oxygen atoms in total. The van der Waals surface area contributed by atoms with Crippen LogP contribution >= 0.6 is 0 Å². The van der Waals surface area contributed by atoms with Gasteiger partial charge in [-0.15, -0.1) is 0 Å². The largest absolute Gasteiger partial charge is 0.341 e. The van der Waals surface area contributed by atoms with Gasteiger partial charge in [-0.3, -0.25) is 4.79 Å². The number of carbonyl (C=O) groups excluding carboxylic acids is 1. The van der Waals surface area contributed by atoms with Crippen LogP contribution in [0.5, 0.6) is 0 Å². The second-order valence-corrected chi connectivity index (χ2v) is 5.24. The average molecular weight is 226 g/mol. The van der Waals surface area contributed by atoms with E-state index in [1.54, 1.807) is 0 Å². The number of nitrogens with one attached hydrogen (secondary N) is 1. The minimum atomic E-state index is -0.0168. The summed E-state index contributed by atoms with van der Waals surface area (Å²) in [6.45, 7) is 9.25. The van der Waals surface area contributed by atoms with Crippen LogP contribution in [0.4, 0.5) is 0 Å². The zero-order chi connectivity index (χ0) is 12.0. The van der Waals surface area contributed by atoms with E-state index in [-0.39, 0.29) is 11.9 Å². The first-order chi connectivity index (χ1) is 7.61. The normalized spacial score (nSPS) is 18.9. The molecule has 1 N–H and O–H groups in total. The van der Waals surface area contributed by atoms with E-state index in [0.29, 0.717) is 5.92 Å². The molecule has 1 atom stereocenters. The molecule has 0 aromatic rings. The monoisotopic (exact) mass is 226 g/mol. The fraction of sp³-hybridized carbons (Fsp3) is 0.923. The summed E-state index contributed by atoms with van der Waals surface area (Å²) in [6, 6.07) is -0.0168. The van der Waals surface area contributed by atoms with E-state index in [1.165, 1.54) is 19.3 Å². The van der Waals surface area contributed by atoms with Gasteiger partial charge in [-0.2, -0.15) is 0 Å². The van der Waals surface area contributed by atoms with Gasteiger partial charge in [0.2, 0.25) is 5.91 Å². The van der Waals surface area contributed by atoms with Crippen LogP contribution in [-0.2, 0) is 4.79 Å². The number of hydrogen-bond acceptors (Lipinski definition) is 2. The number of piperidine rings is 1. The fourth-order valence-electron chi connectivity index (χ4n) is 2.06. The number of likely N-dealkylation sites (tertiary alicyclic amines) is 1. The van der Waals surface area contributed by atoms with E-state index in [9.17, 15) is 4.79 Å². The molecule has 1 amide bonds. The Hall–Kier alpha value is -0.570. The van der Waals surface area contributed by atoms with Crippen LogP contribution in [0.1, 0.15) is 46.5 Å². The van der Waals surface area contributed by atoms with E-state index >= 15 is 0 Å². The Morgan fingerprint density at radius 1 is 1.19 bits per heavy atom. The zero-order valence-electron chi connectivity index (χ0n) is 11.0. The van der Waals surface area contributed by atoms with Crippen LogP contribution in [-0.4, -0.2) is 36.5 Å². The lowest BCUT2D eigenvalue weighted by atomic mass is 10.1. The van der Waals surface area contributed by atoms with Crippen LogP contribution in [0.25, 0.3) is 0 Å². The van der Waals surface area contributed by atoms with Crippen molar-refractivity contribution in [2.24, 2.45) is 5.92 Å². The van der Waals surface area contributed by atoms with Gasteiger partial charge in [0, 0.05) is 13.1 Å². The van der Waals surface area contributed by atoms with E-state index in [2.05, 4.69) is 19.2 Å². The lowest BCUT2D eigenvalue weighted by Crippen LogP contribution is -2.47. The molecule has 16 heavy (non-hydrogen) atoms. The van der Waals surface area contributed by atoms with Crippen molar-refractivity contribution in [3.05, 3.63) is 0 Å². The van der Waals surface area contributed by atoms with Gasteiger partial charge in [0.1, 0.15) is 0 Å². The van der Waals surface area contributed by atoms with Crippen molar-refractivity contribution in [3.8, 4) is 0 Å². The quantitative estimate of drug-likeness (QED) is 0.778. The molecule has 3 heteroatoms. The molecule has 0 aromatic heterocycles. The van der Waals surface area contributed by atoms with Crippen molar-refractivity contribution < 1.29 is 4.79 Å². The molecule has 0 aromatic carbocycles. The number of amides is 1. The van der Waals surface area contributed by atoms with Crippen molar-refractivity contribution in [3.63, 3.8) is 0 Å². The van der Waals surface area contributed by atoms with Gasteiger partial charge in [0.25, 0.3) is 0 Å². The van der Waals surface area contributed by atoms with Gasteiger partial charge in [0.15, 0.2) is 0 Å². The number of carbonyl (C=O) groups is 1. The van der Waals surface area contributed by atoms with Crippen LogP contribution in [0.3, 0.4) is 0 Å². The highest BCUT2D eigenvalue weighted by Gasteiger charge is 2.21. The van der Waals surface area contributed by atoms with Crippen LogP contribution in [0.2, 0.25) is 0 Å². The van der Waals surface area contributed by atoms with Crippen molar-refractivity contribution in [2.45, 2.75) is 52.5 Å². The summed E-state index contributed by atoms with van der Waals surface area (Å²) in [7, 11) is 0. The number of nitrogens with zero attached hydrogens (tertiary/aromatic N) is 1. The maximum absolute atomic E-state index is 12.0. The third-order valence-electron chi connectivity index (χ3n) is 3.21. The van der Waals surface area contributed by atoms with Crippen molar-refractivity contribution in [1.29, 1.82) is 0 Å². The molecule has 0 spiro atoms. The zero-order valence-corrected chi connectivity index (χ0v) is 11.0. The summed E-state index contributed by atoms with van der Waals surface area (Å²) in [5.41, 5.74) is 0. The highest BCUT2D eigenvalue weighted by atomic mass is 16.2. The van der Waals surface area contributed by atoms with E-state index in [1.807, 2.05) is 11.8 Å². The first-order valence-corrected chi connectivity index (χ1v) is 6.63. The van der Waals surface area contributed by atoms with Crippen molar-refractivity contribution in [1.82, 2.24) is 10.2 Å². The smallest absolute Gasteiger partial charge is 0.239 e. The summed E-state index contributed by atoms with van der Waals surface area (Å²) in [4.78, 5) is 14.0. The van der Waals surface area contributed by atoms with Gasteiger partial charge in [-0.1, -0.05) is 13.8 Å². The maximum atomic E-state index is 12.0. The maximum Gasteiger partial charge on any atom is 0.239 e. The second kappa shape index (κ2) is 6.89. The molecule has 1 heterocycles. The summed E-state index contributed by atoms with van der Waals surface area (Å²) < 4.78 is 0. The van der Waals surface area contributed by atoms with E-state index in [4.69, 9.17) is 0 Å². The Bertz CT molecular complexity index is 210. The van der Waals surface area contributed by atoms with Crippen LogP contribution in [0, 0.1) is 5.92 Å². The Morgan fingerprint density at radius 3 is 2.38 bits per heavy atom. The second-order valence-electron chi connectivity index (χ2n) is 5.24. The molecule has 1 aliphatic heterocycles. The average Bonchev–Trinajstić information content (AvgIpc) is 2.28. The van der Waals surface area contributed by atoms with Gasteiger partial charge >= 0.3 is 0 Å². The van der Waals surface area contributed by atoms with Gasteiger partial charge < -0.3 is 10.2 Å². The Morgan fingerprint density at radius 2 is 1.81 bits per heavy atom. The lowest BCUT2D eigenvalue weighted by Gasteiger charge is -2.29. The predicted octanol–water partition coefficient (Wildman–Crippen LogP) is 2.02. The number of rotatable bonds is 5. The topological polar surface area (TPSA) is 32.3 Å². The third-order valence-corrected chi connectivity index (χ3v) is 3.21. The summed E-state index contributed by atoms with van der Waals surface area (Å²) in [5.74, 6) is 0.980. The van der Waals surface area contributed by atoms with Crippen molar-refractivity contribution in [2.75, 3.05) is 19.6 Å². The molecule has 1 unspecified atom stereocenters. The number of hydrogen-bond donors (Lipinski definition) is 1. The molecule has 0 aliphatic carbocycles. The van der Waals surface area contributed by atoms with E-state index < -0.39 is 0 Å². The minimum Gasteiger partial charge on any atom is -0.341 e. The van der Waals surface area contributed by atoms with Gasteiger partial charge in [0.05, 0.1) is 6.04 Å². The Labute approximate surface area is 99.6 Å². The lowest BCUT2D eigenvalue weighted by molar-refractivity contribution is -0.133. The molecule has 1 aliphatic rings. The molecule has 0 bridgehead atoms. The molecule has 1 rings (SSSR count). The molecule has 0 radical (unpaired) electrons.